The van der Waals surface area contributed by atoms with Crippen LogP contribution in [-0.2, 0) is 11.3 Å². The number of amides is 1. The largest absolute Gasteiger partial charge is 0.378 e. The third kappa shape index (κ3) is 3.71. The molecule has 3 aromatic rings. The molecule has 0 spiro atoms. The van der Waals surface area contributed by atoms with Gasteiger partial charge in [0.25, 0.3) is 5.91 Å². The van der Waals surface area contributed by atoms with Crippen LogP contribution in [0.4, 0.5) is 10.1 Å². The molecule has 2 heterocycles. The maximum atomic E-state index is 13.3. The number of halogens is 1. The predicted molar refractivity (Wildman–Crippen MR) is 106 cm³/mol. The normalized spacial score (nSPS) is 14.5. The Hall–Kier alpha value is -2.93. The van der Waals surface area contributed by atoms with Crippen molar-refractivity contribution in [1.29, 1.82) is 0 Å². The molecule has 6 nitrogen and oxygen atoms in total. The number of carbonyl (C=O) groups excluding carboxylic acids is 1. The van der Waals surface area contributed by atoms with Crippen LogP contribution in [0.2, 0.25) is 0 Å². The second kappa shape index (κ2) is 7.59. The van der Waals surface area contributed by atoms with Crippen molar-refractivity contribution < 1.29 is 13.9 Å². The van der Waals surface area contributed by atoms with Crippen molar-refractivity contribution in [3.05, 3.63) is 59.2 Å². The lowest BCUT2D eigenvalue weighted by molar-refractivity contribution is 0.0782. The lowest BCUT2D eigenvalue weighted by atomic mass is 10.1. The first-order chi connectivity index (χ1) is 13.5. The molecule has 28 heavy (non-hydrogen) atoms. The number of hydrogen-bond acceptors (Lipinski definition) is 4. The summed E-state index contributed by atoms with van der Waals surface area (Å²) in [5.41, 5.74) is 4.16. The summed E-state index contributed by atoms with van der Waals surface area (Å²) in [4.78, 5) is 24.2. The summed E-state index contributed by atoms with van der Waals surface area (Å²) in [6.07, 6.45) is 0. The van der Waals surface area contributed by atoms with Crippen LogP contribution >= 0.6 is 0 Å². The van der Waals surface area contributed by atoms with Crippen LogP contribution in [0.3, 0.4) is 0 Å². The molecule has 146 valence electrons. The van der Waals surface area contributed by atoms with Crippen LogP contribution in [0.5, 0.6) is 0 Å². The summed E-state index contributed by atoms with van der Waals surface area (Å²) >= 11 is 0. The van der Waals surface area contributed by atoms with Gasteiger partial charge in [0, 0.05) is 31.4 Å². The van der Waals surface area contributed by atoms with Crippen molar-refractivity contribution in [1.82, 2.24) is 14.9 Å². The average Bonchev–Trinajstić information content (AvgIpc) is 3.09. The highest BCUT2D eigenvalue weighted by Crippen LogP contribution is 2.23. The first-order valence-electron chi connectivity index (χ1n) is 9.34. The van der Waals surface area contributed by atoms with Crippen molar-refractivity contribution >= 4 is 22.6 Å². The highest BCUT2D eigenvalue weighted by molar-refractivity contribution is 5.94. The van der Waals surface area contributed by atoms with E-state index in [1.165, 1.54) is 12.1 Å². The molecule has 0 bridgehead atoms. The third-order valence-electron chi connectivity index (χ3n) is 5.02. The summed E-state index contributed by atoms with van der Waals surface area (Å²) in [5, 5.41) is 0. The van der Waals surface area contributed by atoms with Crippen LogP contribution in [-0.4, -0.2) is 54.1 Å². The summed E-state index contributed by atoms with van der Waals surface area (Å²) in [6.45, 7) is 5.52. The minimum absolute atomic E-state index is 0.0803. The van der Waals surface area contributed by atoms with Gasteiger partial charge in [-0.05, 0) is 48.9 Å². The van der Waals surface area contributed by atoms with E-state index in [0.29, 0.717) is 29.0 Å². The molecule has 4 rings (SSSR count). The van der Waals surface area contributed by atoms with Gasteiger partial charge in [-0.1, -0.05) is 0 Å². The molecule has 1 saturated heterocycles. The number of aromatic nitrogens is 2. The summed E-state index contributed by atoms with van der Waals surface area (Å²) < 4.78 is 18.7. The van der Waals surface area contributed by atoms with Crippen LogP contribution < -0.4 is 4.90 Å². The maximum Gasteiger partial charge on any atom is 0.254 e. The fourth-order valence-electron chi connectivity index (χ4n) is 3.57. The number of nitrogens with one attached hydrogen (secondary N) is 1. The molecule has 2 aromatic carbocycles. The van der Waals surface area contributed by atoms with Gasteiger partial charge in [0.15, 0.2) is 0 Å². The number of morpholine rings is 1. The van der Waals surface area contributed by atoms with Crippen molar-refractivity contribution in [2.45, 2.75) is 13.5 Å². The Labute approximate surface area is 162 Å². The van der Waals surface area contributed by atoms with Gasteiger partial charge in [-0.15, -0.1) is 0 Å². The molecule has 0 atom stereocenters. The molecule has 1 aliphatic heterocycles. The van der Waals surface area contributed by atoms with Gasteiger partial charge in [0.1, 0.15) is 11.6 Å². The number of imidazole rings is 1. The molecule has 0 aliphatic carbocycles. The number of rotatable bonds is 4. The topological polar surface area (TPSA) is 61.5 Å². The second-order valence-electron chi connectivity index (χ2n) is 7.11. The number of nitrogens with zero attached hydrogens (tertiary/aromatic N) is 3. The average molecular weight is 382 g/mol. The molecule has 7 heteroatoms. The molecule has 0 unspecified atom stereocenters. The number of hydrogen-bond donors (Lipinski definition) is 1. The first-order valence-corrected chi connectivity index (χ1v) is 9.34. The molecule has 1 fully saturated rings. The van der Waals surface area contributed by atoms with E-state index in [-0.39, 0.29) is 11.7 Å². The fourth-order valence-corrected chi connectivity index (χ4v) is 3.57. The van der Waals surface area contributed by atoms with E-state index in [2.05, 4.69) is 14.9 Å². The van der Waals surface area contributed by atoms with E-state index < -0.39 is 0 Å². The zero-order valence-corrected chi connectivity index (χ0v) is 16.0. The predicted octanol–water partition coefficient (Wildman–Crippen LogP) is 3.12. The van der Waals surface area contributed by atoms with Crippen LogP contribution in [0.25, 0.3) is 11.0 Å². The fraction of sp³-hybridized carbons (Fsp3) is 0.333. The molecule has 1 aromatic heterocycles. The van der Waals surface area contributed by atoms with Crippen molar-refractivity contribution in [2.75, 3.05) is 38.3 Å². The van der Waals surface area contributed by atoms with E-state index in [1.807, 2.05) is 25.1 Å². The Kier molecular flexibility index (Phi) is 5.00. The Morgan fingerprint density at radius 2 is 2.04 bits per heavy atom. The second-order valence-corrected chi connectivity index (χ2v) is 7.11. The van der Waals surface area contributed by atoms with Gasteiger partial charge in [-0.25, -0.2) is 9.37 Å². The number of aromatic amines is 1. The Morgan fingerprint density at radius 1 is 1.25 bits per heavy atom. The summed E-state index contributed by atoms with van der Waals surface area (Å²) in [6, 6.07) is 10.2. The van der Waals surface area contributed by atoms with Gasteiger partial charge >= 0.3 is 0 Å². The van der Waals surface area contributed by atoms with E-state index in [1.54, 1.807) is 18.0 Å². The molecule has 1 N–H and O–H groups in total. The van der Waals surface area contributed by atoms with Crippen molar-refractivity contribution in [2.24, 2.45) is 0 Å². The van der Waals surface area contributed by atoms with Gasteiger partial charge in [-0.3, -0.25) is 4.79 Å². The molecule has 0 saturated carbocycles. The van der Waals surface area contributed by atoms with Gasteiger partial charge in [0.2, 0.25) is 0 Å². The van der Waals surface area contributed by atoms with Crippen LogP contribution in [0.15, 0.2) is 36.4 Å². The SMILES string of the molecule is Cc1cc(C(=O)N(C)Cc2nc3ccc(F)cc3[nH]2)ccc1N1CCOCC1. The summed E-state index contributed by atoms with van der Waals surface area (Å²) in [5.74, 6) is 0.226. The van der Waals surface area contributed by atoms with E-state index >= 15 is 0 Å². The number of ether oxygens (including phenoxy) is 1. The Balaban J connectivity index is 1.48. The number of aryl methyl sites for hydroxylation is 1. The Morgan fingerprint density at radius 3 is 2.79 bits per heavy atom. The molecule has 1 amide bonds. The highest BCUT2D eigenvalue weighted by Gasteiger charge is 2.18. The Bertz CT molecular complexity index is 1010. The number of benzene rings is 2. The summed E-state index contributed by atoms with van der Waals surface area (Å²) in [7, 11) is 1.74. The monoisotopic (exact) mass is 382 g/mol. The molecule has 1 aliphatic rings. The van der Waals surface area contributed by atoms with E-state index in [4.69, 9.17) is 4.74 Å². The lowest BCUT2D eigenvalue weighted by Crippen LogP contribution is -2.36. The number of H-pyrrole nitrogens is 1. The zero-order chi connectivity index (χ0) is 19.7. The van der Waals surface area contributed by atoms with Crippen molar-refractivity contribution in [3.8, 4) is 0 Å². The van der Waals surface area contributed by atoms with Crippen LogP contribution in [0, 0.1) is 12.7 Å². The maximum absolute atomic E-state index is 13.3. The first kappa shape index (κ1) is 18.4. The van der Waals surface area contributed by atoms with Gasteiger partial charge in [-0.2, -0.15) is 0 Å². The number of carbonyl (C=O) groups is 1. The lowest BCUT2D eigenvalue weighted by Gasteiger charge is -2.30. The molecule has 0 radical (unpaired) electrons. The quantitative estimate of drug-likeness (QED) is 0.753. The zero-order valence-electron chi connectivity index (χ0n) is 16.0. The minimum atomic E-state index is -0.317. The highest BCUT2D eigenvalue weighted by atomic mass is 19.1. The number of anilines is 1. The van der Waals surface area contributed by atoms with Gasteiger partial charge in [0.05, 0.1) is 30.8 Å². The van der Waals surface area contributed by atoms with E-state index in [9.17, 15) is 9.18 Å². The molecular formula is C21H23FN4O2. The smallest absolute Gasteiger partial charge is 0.254 e. The van der Waals surface area contributed by atoms with Gasteiger partial charge < -0.3 is 19.5 Å². The van der Waals surface area contributed by atoms with Crippen LogP contribution in [0.1, 0.15) is 21.7 Å². The van der Waals surface area contributed by atoms with Crippen molar-refractivity contribution in [3.63, 3.8) is 0 Å². The minimum Gasteiger partial charge on any atom is -0.378 e. The van der Waals surface area contributed by atoms with E-state index in [0.717, 1.165) is 37.6 Å². The third-order valence-corrected chi connectivity index (χ3v) is 5.02. The number of fused-ring (bicyclic) bond motifs is 1. The standard InChI is InChI=1S/C21H23FN4O2/c1-14-11-15(3-6-19(14)26-7-9-28-10-8-26)21(27)25(2)13-20-23-17-5-4-16(22)12-18(17)24-20/h3-6,11-12H,7-10,13H2,1-2H3,(H,23,24). The molecular weight excluding hydrogens is 359 g/mol.